The molecule has 1 aromatic rings. The molecule has 0 bridgehead atoms. The molecule has 0 fully saturated rings. The lowest BCUT2D eigenvalue weighted by atomic mass is 10.3. The Labute approximate surface area is 68.2 Å². The predicted octanol–water partition coefficient (Wildman–Crippen LogP) is 1.33. The number of hydrogen-bond acceptors (Lipinski definition) is 1. The molecule has 1 rings (SSSR count). The highest BCUT2D eigenvalue weighted by atomic mass is 31.1. The molecule has 0 aromatic heterocycles. The van der Waals surface area contributed by atoms with E-state index in [1.54, 1.807) is 0 Å². The van der Waals surface area contributed by atoms with Gasteiger partial charge in [-0.2, -0.15) is 0 Å². The molecule has 0 aliphatic carbocycles. The lowest BCUT2D eigenvalue weighted by Crippen LogP contribution is -1.77. The van der Waals surface area contributed by atoms with Crippen molar-refractivity contribution < 1.29 is 23.1 Å². The van der Waals surface area contributed by atoms with E-state index < -0.39 is 19.9 Å². The lowest BCUT2D eigenvalue weighted by molar-refractivity contribution is 0.405. The first kappa shape index (κ1) is 11.2. The molecule has 12 heavy (non-hydrogen) atoms. The van der Waals surface area contributed by atoms with Crippen LogP contribution in [-0.2, 0) is 4.57 Å². The van der Waals surface area contributed by atoms with Crippen LogP contribution in [0, 0.1) is 11.6 Å². The van der Waals surface area contributed by atoms with E-state index in [9.17, 15) is 8.78 Å². The highest BCUT2D eigenvalue weighted by Gasteiger charge is 1.93. The number of halogens is 2. The molecule has 0 saturated heterocycles. The molecule has 3 nitrogen and oxygen atoms in total. The smallest absolute Gasteiger partial charge is 0.314 e. The van der Waals surface area contributed by atoms with E-state index in [0.29, 0.717) is 0 Å². The van der Waals surface area contributed by atoms with Crippen LogP contribution in [0.2, 0.25) is 0 Å². The molecule has 2 N–H and O–H groups in total. The van der Waals surface area contributed by atoms with Crippen LogP contribution in [0.15, 0.2) is 24.3 Å². The van der Waals surface area contributed by atoms with Crippen molar-refractivity contribution in [1.82, 2.24) is 0 Å². The van der Waals surface area contributed by atoms with Gasteiger partial charge in [0.1, 0.15) is 0 Å². The van der Waals surface area contributed by atoms with Gasteiger partial charge in [-0.05, 0) is 12.1 Å². The van der Waals surface area contributed by atoms with Gasteiger partial charge in [-0.3, -0.25) is 4.57 Å². The van der Waals surface area contributed by atoms with E-state index in [1.165, 1.54) is 12.1 Å². The average Bonchev–Trinajstić information content (AvgIpc) is 1.94. The summed E-state index contributed by atoms with van der Waals surface area (Å²) in [4.78, 5) is 14.3. The van der Waals surface area contributed by atoms with Crippen LogP contribution in [0.4, 0.5) is 8.78 Å². The van der Waals surface area contributed by atoms with Gasteiger partial charge in [0.05, 0.1) is 0 Å². The van der Waals surface area contributed by atoms with Crippen molar-refractivity contribution in [2.75, 3.05) is 0 Å². The van der Waals surface area contributed by atoms with E-state index in [0.717, 1.165) is 12.1 Å². The minimum absolute atomic E-state index is 0.799. The molecule has 0 amide bonds. The van der Waals surface area contributed by atoms with E-state index >= 15 is 0 Å². The Balaban J connectivity index is 0.000000261. The Morgan fingerprint density at radius 1 is 1.08 bits per heavy atom. The summed E-state index contributed by atoms with van der Waals surface area (Å²) < 4.78 is 32.6. The summed E-state index contributed by atoms with van der Waals surface area (Å²) in [5.41, 5.74) is 0. The highest BCUT2D eigenvalue weighted by Crippen LogP contribution is 2.01. The third-order valence-corrected chi connectivity index (χ3v) is 0.824. The molecule has 1 aromatic carbocycles. The Bertz CT molecular complexity index is 242. The SMILES string of the molecule is Fc1ccccc1F.O=[PH](O)O. The van der Waals surface area contributed by atoms with E-state index in [1.807, 2.05) is 0 Å². The van der Waals surface area contributed by atoms with Gasteiger partial charge in [-0.1, -0.05) is 12.1 Å². The van der Waals surface area contributed by atoms with Gasteiger partial charge in [0.25, 0.3) is 0 Å². The average molecular weight is 196 g/mol. The minimum Gasteiger partial charge on any atom is -0.326 e. The zero-order valence-electron chi connectivity index (χ0n) is 5.87. The molecule has 6 heteroatoms. The zero-order valence-corrected chi connectivity index (χ0v) is 6.87. The Hall–Kier alpha value is -0.770. The molecule has 0 radical (unpaired) electrons. The van der Waals surface area contributed by atoms with Crippen LogP contribution in [0.5, 0.6) is 0 Å². The maximum atomic E-state index is 11.9. The summed E-state index contributed by atoms with van der Waals surface area (Å²) in [6.07, 6.45) is 0. The maximum absolute atomic E-state index is 11.9. The van der Waals surface area contributed by atoms with E-state index in [4.69, 9.17) is 14.4 Å². The molecule has 0 aliphatic rings. The summed E-state index contributed by atoms with van der Waals surface area (Å²) in [7, 11) is -3.13. The summed E-state index contributed by atoms with van der Waals surface area (Å²) in [5.74, 6) is -1.60. The fourth-order valence-corrected chi connectivity index (χ4v) is 0.439. The molecule has 0 aliphatic heterocycles. The normalized spacial score (nSPS) is 9.08. The van der Waals surface area contributed by atoms with E-state index in [-0.39, 0.29) is 0 Å². The van der Waals surface area contributed by atoms with Gasteiger partial charge < -0.3 is 9.79 Å². The largest absolute Gasteiger partial charge is 0.326 e. The number of benzene rings is 1. The topological polar surface area (TPSA) is 57.5 Å². The van der Waals surface area contributed by atoms with Gasteiger partial charge >= 0.3 is 8.25 Å². The van der Waals surface area contributed by atoms with Crippen LogP contribution in [0.3, 0.4) is 0 Å². The van der Waals surface area contributed by atoms with Crippen molar-refractivity contribution in [3.8, 4) is 0 Å². The minimum atomic E-state index is -3.13. The molecule has 0 atom stereocenters. The second kappa shape index (κ2) is 5.83. The molecular formula is C6H7F2O3P. The fourth-order valence-electron chi connectivity index (χ4n) is 0.439. The second-order valence-electron chi connectivity index (χ2n) is 1.70. The van der Waals surface area contributed by atoms with Crippen molar-refractivity contribution in [3.63, 3.8) is 0 Å². The highest BCUT2D eigenvalue weighted by molar-refractivity contribution is 7.30. The summed E-state index contributed by atoms with van der Waals surface area (Å²) in [5, 5.41) is 0. The van der Waals surface area contributed by atoms with Crippen molar-refractivity contribution in [3.05, 3.63) is 35.9 Å². The molecule has 0 heterocycles. The molecule has 68 valence electrons. The third-order valence-electron chi connectivity index (χ3n) is 0.824. The van der Waals surface area contributed by atoms with Crippen LogP contribution < -0.4 is 0 Å². The Kier molecular flexibility index (Phi) is 5.45. The summed E-state index contributed by atoms with van der Waals surface area (Å²) in [6.45, 7) is 0. The standard InChI is InChI=1S/C6H4F2.H3O3P/c7-5-3-1-2-4-6(5)8;1-4(2)3/h1-4H;4H,(H2,1,2,3). The first-order valence-electron chi connectivity index (χ1n) is 2.86. The van der Waals surface area contributed by atoms with Crippen LogP contribution in [0.25, 0.3) is 0 Å². The molecular weight excluding hydrogens is 189 g/mol. The Morgan fingerprint density at radius 2 is 1.33 bits per heavy atom. The monoisotopic (exact) mass is 196 g/mol. The van der Waals surface area contributed by atoms with Gasteiger partial charge in [0.2, 0.25) is 0 Å². The van der Waals surface area contributed by atoms with Gasteiger partial charge in [0.15, 0.2) is 11.6 Å². The van der Waals surface area contributed by atoms with Gasteiger partial charge in [-0.25, -0.2) is 8.78 Å². The molecule has 0 saturated carbocycles. The van der Waals surface area contributed by atoms with Crippen LogP contribution in [-0.4, -0.2) is 9.79 Å². The quantitative estimate of drug-likeness (QED) is 0.615. The van der Waals surface area contributed by atoms with Crippen molar-refractivity contribution in [1.29, 1.82) is 0 Å². The maximum Gasteiger partial charge on any atom is 0.314 e. The van der Waals surface area contributed by atoms with Crippen molar-refractivity contribution in [2.45, 2.75) is 0 Å². The summed E-state index contributed by atoms with van der Waals surface area (Å²) >= 11 is 0. The summed E-state index contributed by atoms with van der Waals surface area (Å²) in [6, 6.07) is 5.04. The first-order chi connectivity index (χ1) is 5.54. The van der Waals surface area contributed by atoms with Gasteiger partial charge in [-0.15, -0.1) is 0 Å². The number of hydrogen-bond donors (Lipinski definition) is 2. The first-order valence-corrected chi connectivity index (χ1v) is 4.16. The van der Waals surface area contributed by atoms with Crippen LogP contribution in [0.1, 0.15) is 0 Å². The van der Waals surface area contributed by atoms with E-state index in [2.05, 4.69) is 0 Å². The van der Waals surface area contributed by atoms with Gasteiger partial charge in [0, 0.05) is 0 Å². The third kappa shape index (κ3) is 5.97. The zero-order chi connectivity index (χ0) is 9.56. The molecule has 0 spiro atoms. The van der Waals surface area contributed by atoms with Crippen LogP contribution >= 0.6 is 8.25 Å². The number of rotatable bonds is 0. The predicted molar refractivity (Wildman–Crippen MR) is 39.8 cm³/mol. The van der Waals surface area contributed by atoms with Crippen molar-refractivity contribution >= 4 is 8.25 Å². The lowest BCUT2D eigenvalue weighted by Gasteiger charge is -1.85. The van der Waals surface area contributed by atoms with Crippen molar-refractivity contribution in [2.24, 2.45) is 0 Å². The molecule has 0 unspecified atom stereocenters. The second-order valence-corrected chi connectivity index (χ2v) is 2.26. The Morgan fingerprint density at radius 3 is 1.50 bits per heavy atom. The fraction of sp³-hybridized carbons (Fsp3) is 0.